The van der Waals surface area contributed by atoms with E-state index < -0.39 is 11.8 Å². The monoisotopic (exact) mass is 340 g/mol. The lowest BCUT2D eigenvalue weighted by molar-refractivity contribution is 0.0334. The van der Waals surface area contributed by atoms with Crippen molar-refractivity contribution in [2.75, 3.05) is 0 Å². The van der Waals surface area contributed by atoms with E-state index in [-0.39, 0.29) is 22.9 Å². The van der Waals surface area contributed by atoms with Crippen LogP contribution in [0.2, 0.25) is 0 Å². The van der Waals surface area contributed by atoms with Crippen LogP contribution in [0.3, 0.4) is 0 Å². The second kappa shape index (κ2) is 7.10. The van der Waals surface area contributed by atoms with E-state index in [1.807, 2.05) is 25.4 Å². The van der Waals surface area contributed by atoms with E-state index in [1.54, 1.807) is 11.5 Å². The summed E-state index contributed by atoms with van der Waals surface area (Å²) in [4.78, 5) is 12.4. The van der Waals surface area contributed by atoms with Crippen molar-refractivity contribution in [1.82, 2.24) is 4.57 Å². The van der Waals surface area contributed by atoms with Gasteiger partial charge < -0.3 is 9.30 Å². The minimum atomic E-state index is -0.593. The normalized spacial score (nSPS) is 14.5. The molecule has 0 saturated heterocycles. The molecule has 1 unspecified atom stereocenters. The van der Waals surface area contributed by atoms with Crippen LogP contribution in [-0.4, -0.2) is 16.6 Å². The average molecular weight is 340 g/mol. The first-order chi connectivity index (χ1) is 12.0. The number of aromatic nitrogens is 1. The number of esters is 1. The van der Waals surface area contributed by atoms with Crippen molar-refractivity contribution in [3.8, 4) is 11.8 Å². The molecule has 1 heterocycles. The van der Waals surface area contributed by atoms with E-state index in [4.69, 9.17) is 4.74 Å². The van der Waals surface area contributed by atoms with E-state index >= 15 is 0 Å². The second-order valence-corrected chi connectivity index (χ2v) is 6.51. The van der Waals surface area contributed by atoms with Crippen LogP contribution >= 0.6 is 0 Å². The Morgan fingerprint density at radius 2 is 1.96 bits per heavy atom. The highest BCUT2D eigenvalue weighted by molar-refractivity contribution is 5.93. The van der Waals surface area contributed by atoms with E-state index in [0.29, 0.717) is 6.42 Å². The van der Waals surface area contributed by atoms with Crippen molar-refractivity contribution in [3.63, 3.8) is 0 Å². The van der Waals surface area contributed by atoms with Gasteiger partial charge in [0.1, 0.15) is 11.9 Å². The maximum atomic E-state index is 14.5. The lowest BCUT2D eigenvalue weighted by Gasteiger charge is -2.13. The number of carbonyl (C=O) groups is 1. The lowest BCUT2D eigenvalue weighted by atomic mass is 9.96. The fourth-order valence-corrected chi connectivity index (χ4v) is 3.11. The number of halogens is 1. The first-order valence-electron chi connectivity index (χ1n) is 8.68. The highest BCUT2D eigenvalue weighted by Gasteiger charge is 2.21. The number of rotatable bonds is 4. The second-order valence-electron chi connectivity index (χ2n) is 6.51. The minimum Gasteiger partial charge on any atom is -0.459 e. The maximum Gasteiger partial charge on any atom is 0.339 e. The summed E-state index contributed by atoms with van der Waals surface area (Å²) in [6.07, 6.45) is 8.51. The van der Waals surface area contributed by atoms with Crippen molar-refractivity contribution >= 4 is 5.97 Å². The van der Waals surface area contributed by atoms with Gasteiger partial charge in [-0.3, -0.25) is 0 Å². The number of aryl methyl sites for hydroxylation is 2. The largest absolute Gasteiger partial charge is 0.459 e. The number of fused-ring (bicyclic) bond motifs is 1. The number of ether oxygens (including phenoxy) is 1. The molecule has 0 spiro atoms. The Kier molecular flexibility index (Phi) is 4.89. The van der Waals surface area contributed by atoms with E-state index in [0.717, 1.165) is 31.7 Å². The zero-order chi connectivity index (χ0) is 18.0. The molecule has 5 heteroatoms. The topological polar surface area (TPSA) is 55.0 Å². The van der Waals surface area contributed by atoms with Crippen molar-refractivity contribution in [2.24, 2.45) is 0 Å². The zero-order valence-electron chi connectivity index (χ0n) is 14.5. The summed E-state index contributed by atoms with van der Waals surface area (Å²) in [6, 6.07) is 4.42. The molecule has 25 heavy (non-hydrogen) atoms. The molecule has 1 atom stereocenters. The highest BCUT2D eigenvalue weighted by Crippen LogP contribution is 2.27. The summed E-state index contributed by atoms with van der Waals surface area (Å²) in [5.74, 6) is -1.12. The third-order valence-corrected chi connectivity index (χ3v) is 4.73. The first kappa shape index (κ1) is 17.2. The van der Waals surface area contributed by atoms with Gasteiger partial charge in [-0.2, -0.15) is 5.26 Å². The molecule has 0 fully saturated rings. The van der Waals surface area contributed by atoms with Gasteiger partial charge in [-0.25, -0.2) is 9.18 Å². The standard InChI is InChI=1S/C20H21FN2O2/c1-3-13(2)25-20(24)17-9-19(18(21)8-16(17)10-22)23-11-14-6-4-5-7-15(14)12-23/h8-9,11-13H,3-7H2,1-2H3. The third-order valence-electron chi connectivity index (χ3n) is 4.73. The number of hydrogen-bond acceptors (Lipinski definition) is 3. The summed E-state index contributed by atoms with van der Waals surface area (Å²) in [7, 11) is 0. The summed E-state index contributed by atoms with van der Waals surface area (Å²) in [5.41, 5.74) is 2.80. The van der Waals surface area contributed by atoms with Gasteiger partial charge >= 0.3 is 5.97 Å². The van der Waals surface area contributed by atoms with Crippen molar-refractivity contribution in [1.29, 1.82) is 5.26 Å². The van der Waals surface area contributed by atoms with E-state index in [1.165, 1.54) is 17.2 Å². The molecule has 0 amide bonds. The van der Waals surface area contributed by atoms with Crippen LogP contribution in [0, 0.1) is 17.1 Å². The average Bonchev–Trinajstić information content (AvgIpc) is 3.04. The molecular formula is C20H21FN2O2. The van der Waals surface area contributed by atoms with Gasteiger partial charge in [-0.05, 0) is 62.3 Å². The van der Waals surface area contributed by atoms with Crippen molar-refractivity contribution in [2.45, 2.75) is 52.1 Å². The number of benzene rings is 1. The van der Waals surface area contributed by atoms with Gasteiger partial charge in [0.25, 0.3) is 0 Å². The Bertz CT molecular complexity index is 825. The summed E-state index contributed by atoms with van der Waals surface area (Å²) >= 11 is 0. The summed E-state index contributed by atoms with van der Waals surface area (Å²) in [5, 5.41) is 9.25. The van der Waals surface area contributed by atoms with Gasteiger partial charge in [0.15, 0.2) is 0 Å². The first-order valence-corrected chi connectivity index (χ1v) is 8.68. The van der Waals surface area contributed by atoms with Crippen LogP contribution in [0.1, 0.15) is 60.2 Å². The van der Waals surface area contributed by atoms with E-state index in [9.17, 15) is 14.4 Å². The molecule has 1 aromatic heterocycles. The molecule has 0 radical (unpaired) electrons. The smallest absolute Gasteiger partial charge is 0.339 e. The van der Waals surface area contributed by atoms with Gasteiger partial charge in [-0.15, -0.1) is 0 Å². The van der Waals surface area contributed by atoms with Crippen LogP contribution in [0.4, 0.5) is 4.39 Å². The fourth-order valence-electron chi connectivity index (χ4n) is 3.11. The highest BCUT2D eigenvalue weighted by atomic mass is 19.1. The lowest BCUT2D eigenvalue weighted by Crippen LogP contribution is -2.16. The third kappa shape index (κ3) is 3.43. The number of hydrogen-bond donors (Lipinski definition) is 0. The number of nitrogens with zero attached hydrogens (tertiary/aromatic N) is 2. The minimum absolute atomic E-state index is 0.00790. The van der Waals surface area contributed by atoms with Crippen LogP contribution < -0.4 is 0 Å². The Labute approximate surface area is 146 Å². The quantitative estimate of drug-likeness (QED) is 0.779. The molecule has 0 aliphatic heterocycles. The SMILES string of the molecule is CCC(C)OC(=O)c1cc(-n2cc3c(c2)CCCC3)c(F)cc1C#N. The Morgan fingerprint density at radius 3 is 2.52 bits per heavy atom. The van der Waals surface area contributed by atoms with Crippen LogP contribution in [-0.2, 0) is 17.6 Å². The van der Waals surface area contributed by atoms with Gasteiger partial charge in [0, 0.05) is 12.4 Å². The Balaban J connectivity index is 2.03. The van der Waals surface area contributed by atoms with Crippen LogP contribution in [0.15, 0.2) is 24.5 Å². The molecule has 1 aliphatic rings. The van der Waals surface area contributed by atoms with Crippen molar-refractivity contribution in [3.05, 3.63) is 52.6 Å². The molecule has 4 nitrogen and oxygen atoms in total. The maximum absolute atomic E-state index is 14.5. The molecule has 130 valence electrons. The summed E-state index contributed by atoms with van der Waals surface area (Å²) < 4.78 is 21.6. The molecule has 0 N–H and O–H groups in total. The fraction of sp³-hybridized carbons (Fsp3) is 0.400. The molecule has 0 bridgehead atoms. The van der Waals surface area contributed by atoms with Crippen molar-refractivity contribution < 1.29 is 13.9 Å². The zero-order valence-corrected chi connectivity index (χ0v) is 14.5. The molecular weight excluding hydrogens is 319 g/mol. The van der Waals surface area contributed by atoms with E-state index in [2.05, 4.69) is 0 Å². The molecule has 1 aliphatic carbocycles. The molecule has 0 saturated carbocycles. The Hall–Kier alpha value is -2.61. The number of nitriles is 1. The Morgan fingerprint density at radius 1 is 1.32 bits per heavy atom. The van der Waals surface area contributed by atoms with Gasteiger partial charge in [0.2, 0.25) is 0 Å². The van der Waals surface area contributed by atoms with Gasteiger partial charge in [-0.1, -0.05) is 6.92 Å². The van der Waals surface area contributed by atoms with Crippen LogP contribution in [0.25, 0.3) is 5.69 Å². The number of carbonyl (C=O) groups excluding carboxylic acids is 1. The molecule has 3 rings (SSSR count). The van der Waals surface area contributed by atoms with Gasteiger partial charge in [0.05, 0.1) is 22.9 Å². The predicted molar refractivity (Wildman–Crippen MR) is 92.3 cm³/mol. The molecule has 1 aromatic carbocycles. The van der Waals surface area contributed by atoms with Crippen LogP contribution in [0.5, 0.6) is 0 Å². The molecule has 2 aromatic rings. The summed E-state index contributed by atoms with van der Waals surface area (Å²) in [6.45, 7) is 3.69. The predicted octanol–water partition coefficient (Wildman–Crippen LogP) is 4.32.